The van der Waals surface area contributed by atoms with E-state index >= 15 is 0 Å². The minimum atomic E-state index is -0.0477. The summed E-state index contributed by atoms with van der Waals surface area (Å²) < 4.78 is 0. The van der Waals surface area contributed by atoms with Crippen molar-refractivity contribution < 1.29 is 9.90 Å². The van der Waals surface area contributed by atoms with Crippen LogP contribution < -0.4 is 10.2 Å². The fourth-order valence-electron chi connectivity index (χ4n) is 3.23. The van der Waals surface area contributed by atoms with Crippen LogP contribution in [0.15, 0.2) is 18.3 Å². The van der Waals surface area contributed by atoms with E-state index in [4.69, 9.17) is 0 Å². The summed E-state index contributed by atoms with van der Waals surface area (Å²) >= 11 is 0. The maximum absolute atomic E-state index is 11.4. The monoisotopic (exact) mass is 261 g/mol. The highest BCUT2D eigenvalue weighted by atomic mass is 16.3. The molecule has 3 heterocycles. The summed E-state index contributed by atoms with van der Waals surface area (Å²) in [6.45, 7) is 5.27. The molecular formula is C14H19N3O2. The zero-order valence-electron chi connectivity index (χ0n) is 11.1. The number of carbonyl (C=O) groups is 1. The molecule has 2 N–H and O–H groups in total. The molecule has 0 radical (unpaired) electrons. The number of Topliss-reactive ketones (excluding diaryl/α,β-unsaturated/α-hetero) is 1. The van der Waals surface area contributed by atoms with Gasteiger partial charge in [0.05, 0.1) is 6.61 Å². The molecule has 3 rings (SSSR count). The van der Waals surface area contributed by atoms with Gasteiger partial charge in [0.15, 0.2) is 5.78 Å². The van der Waals surface area contributed by atoms with Gasteiger partial charge in [-0.15, -0.1) is 0 Å². The minimum Gasteiger partial charge on any atom is -0.396 e. The van der Waals surface area contributed by atoms with Crippen molar-refractivity contribution in [2.45, 2.75) is 6.92 Å². The fraction of sp³-hybridized carbons (Fsp3) is 0.571. The van der Waals surface area contributed by atoms with Gasteiger partial charge < -0.3 is 15.3 Å². The second-order valence-corrected chi connectivity index (χ2v) is 5.69. The zero-order chi connectivity index (χ0) is 13.5. The molecular weight excluding hydrogens is 242 g/mol. The van der Waals surface area contributed by atoms with Crippen LogP contribution in [0.1, 0.15) is 17.3 Å². The Morgan fingerprint density at radius 1 is 1.68 bits per heavy atom. The van der Waals surface area contributed by atoms with Gasteiger partial charge in [0.2, 0.25) is 0 Å². The van der Waals surface area contributed by atoms with E-state index in [0.29, 0.717) is 11.5 Å². The predicted octanol–water partition coefficient (Wildman–Crippen LogP) is 0.302. The first-order valence-electron chi connectivity index (χ1n) is 6.68. The van der Waals surface area contributed by atoms with Crippen LogP contribution in [0.5, 0.6) is 0 Å². The van der Waals surface area contributed by atoms with Crippen LogP contribution in [0.25, 0.3) is 0 Å². The van der Waals surface area contributed by atoms with E-state index in [2.05, 4.69) is 15.2 Å². The maximum atomic E-state index is 11.4. The van der Waals surface area contributed by atoms with Crippen molar-refractivity contribution in [2.24, 2.45) is 11.3 Å². The maximum Gasteiger partial charge on any atom is 0.159 e. The summed E-state index contributed by atoms with van der Waals surface area (Å²) in [5.41, 5.74) is 0.645. The number of aliphatic hydroxyl groups excluding tert-OH is 1. The molecule has 2 fully saturated rings. The molecule has 0 bridgehead atoms. The highest BCUT2D eigenvalue weighted by Crippen LogP contribution is 2.39. The lowest BCUT2D eigenvalue weighted by Crippen LogP contribution is -2.36. The number of ketones is 1. The van der Waals surface area contributed by atoms with Gasteiger partial charge in [0.1, 0.15) is 5.82 Å². The molecule has 0 spiro atoms. The number of hydrogen-bond donors (Lipinski definition) is 2. The molecule has 2 atom stereocenters. The Kier molecular flexibility index (Phi) is 3.03. The number of aromatic nitrogens is 1. The lowest BCUT2D eigenvalue weighted by molar-refractivity contribution is 0.101. The van der Waals surface area contributed by atoms with E-state index < -0.39 is 0 Å². The molecule has 2 aliphatic heterocycles. The van der Waals surface area contributed by atoms with Crippen molar-refractivity contribution in [3.8, 4) is 0 Å². The molecule has 2 saturated heterocycles. The lowest BCUT2D eigenvalue weighted by atomic mass is 9.82. The van der Waals surface area contributed by atoms with E-state index in [1.807, 2.05) is 6.07 Å². The van der Waals surface area contributed by atoms with E-state index in [1.54, 1.807) is 19.2 Å². The number of anilines is 1. The summed E-state index contributed by atoms with van der Waals surface area (Å²) in [4.78, 5) is 18.0. The molecule has 1 aromatic heterocycles. The Hall–Kier alpha value is -1.46. The zero-order valence-corrected chi connectivity index (χ0v) is 11.1. The number of aliphatic hydroxyl groups is 1. The normalized spacial score (nSPS) is 29.6. The number of nitrogens with one attached hydrogen (secondary N) is 1. The number of carbonyl (C=O) groups excluding carboxylic acids is 1. The first-order valence-corrected chi connectivity index (χ1v) is 6.68. The molecule has 0 aliphatic carbocycles. The van der Waals surface area contributed by atoms with Crippen LogP contribution in [0.2, 0.25) is 0 Å². The topological polar surface area (TPSA) is 65.5 Å². The first kappa shape index (κ1) is 12.6. The third kappa shape index (κ3) is 2.03. The summed E-state index contributed by atoms with van der Waals surface area (Å²) in [7, 11) is 0. The van der Waals surface area contributed by atoms with Crippen molar-refractivity contribution in [3.63, 3.8) is 0 Å². The van der Waals surface area contributed by atoms with Gasteiger partial charge in [0.25, 0.3) is 0 Å². The SMILES string of the molecule is CC(=O)c1ccnc(N2CC3CNCC3(CO)C2)c1. The van der Waals surface area contributed by atoms with Crippen molar-refractivity contribution in [3.05, 3.63) is 23.9 Å². The van der Waals surface area contributed by atoms with Crippen molar-refractivity contribution in [1.82, 2.24) is 10.3 Å². The second kappa shape index (κ2) is 4.58. The van der Waals surface area contributed by atoms with E-state index in [0.717, 1.165) is 32.0 Å². The van der Waals surface area contributed by atoms with Crippen LogP contribution in [0.4, 0.5) is 5.82 Å². The predicted molar refractivity (Wildman–Crippen MR) is 72.3 cm³/mol. The Morgan fingerprint density at radius 2 is 2.53 bits per heavy atom. The Balaban J connectivity index is 1.85. The van der Waals surface area contributed by atoms with E-state index in [9.17, 15) is 9.90 Å². The summed E-state index contributed by atoms with van der Waals surface area (Å²) in [5, 5.41) is 13.0. The second-order valence-electron chi connectivity index (χ2n) is 5.69. The Bertz CT molecular complexity index is 505. The minimum absolute atomic E-state index is 0.0477. The fourth-order valence-corrected chi connectivity index (χ4v) is 3.23. The van der Waals surface area contributed by atoms with Gasteiger partial charge in [-0.3, -0.25) is 4.79 Å². The van der Waals surface area contributed by atoms with Crippen LogP contribution in [-0.4, -0.2) is 48.7 Å². The van der Waals surface area contributed by atoms with Gasteiger partial charge in [-0.25, -0.2) is 4.98 Å². The van der Waals surface area contributed by atoms with Crippen LogP contribution >= 0.6 is 0 Å². The van der Waals surface area contributed by atoms with Crippen molar-refractivity contribution >= 4 is 11.6 Å². The van der Waals surface area contributed by atoms with Gasteiger partial charge in [-0.1, -0.05) is 0 Å². The molecule has 19 heavy (non-hydrogen) atoms. The molecule has 5 heteroatoms. The number of pyridine rings is 1. The Morgan fingerprint density at radius 3 is 3.21 bits per heavy atom. The third-order valence-electron chi connectivity index (χ3n) is 4.47. The number of rotatable bonds is 3. The van der Waals surface area contributed by atoms with Crippen LogP contribution in [0, 0.1) is 11.3 Å². The molecule has 0 amide bonds. The smallest absolute Gasteiger partial charge is 0.159 e. The quantitative estimate of drug-likeness (QED) is 0.766. The van der Waals surface area contributed by atoms with Gasteiger partial charge in [-0.05, 0) is 25.0 Å². The standard InChI is InChI=1S/C14H19N3O2/c1-10(19)11-2-3-16-13(4-11)17-6-12-5-15-7-14(12,8-17)9-18/h2-4,12,15,18H,5-9H2,1H3. The largest absolute Gasteiger partial charge is 0.396 e. The van der Waals surface area contributed by atoms with Crippen LogP contribution in [0.3, 0.4) is 0 Å². The van der Waals surface area contributed by atoms with Crippen molar-refractivity contribution in [2.75, 3.05) is 37.7 Å². The van der Waals surface area contributed by atoms with Crippen LogP contribution in [-0.2, 0) is 0 Å². The molecule has 102 valence electrons. The summed E-state index contributed by atoms with van der Waals surface area (Å²) in [6, 6.07) is 3.59. The average molecular weight is 261 g/mol. The number of nitrogens with zero attached hydrogens (tertiary/aromatic N) is 2. The molecule has 5 nitrogen and oxygen atoms in total. The summed E-state index contributed by atoms with van der Waals surface area (Å²) in [6.07, 6.45) is 1.68. The van der Waals surface area contributed by atoms with E-state index in [1.165, 1.54) is 0 Å². The molecule has 1 aromatic rings. The van der Waals surface area contributed by atoms with Gasteiger partial charge >= 0.3 is 0 Å². The number of fused-ring (bicyclic) bond motifs is 1. The molecule has 0 saturated carbocycles. The highest BCUT2D eigenvalue weighted by Gasteiger charge is 2.49. The Labute approximate surface area is 112 Å². The number of hydrogen-bond acceptors (Lipinski definition) is 5. The average Bonchev–Trinajstić information content (AvgIpc) is 2.95. The molecule has 2 unspecified atom stereocenters. The van der Waals surface area contributed by atoms with Gasteiger partial charge in [-0.2, -0.15) is 0 Å². The third-order valence-corrected chi connectivity index (χ3v) is 4.47. The van der Waals surface area contributed by atoms with E-state index in [-0.39, 0.29) is 17.8 Å². The van der Waals surface area contributed by atoms with Gasteiger partial charge in [0, 0.05) is 43.4 Å². The van der Waals surface area contributed by atoms with Crippen molar-refractivity contribution in [1.29, 1.82) is 0 Å². The lowest BCUT2D eigenvalue weighted by Gasteiger charge is -2.25. The first-order chi connectivity index (χ1) is 9.14. The summed E-state index contributed by atoms with van der Waals surface area (Å²) in [5.74, 6) is 1.36. The molecule has 0 aromatic carbocycles. The molecule has 2 aliphatic rings. The highest BCUT2D eigenvalue weighted by molar-refractivity contribution is 5.94.